The van der Waals surface area contributed by atoms with Crippen molar-refractivity contribution in [2.24, 2.45) is 5.92 Å². The number of rotatable bonds is 4. The van der Waals surface area contributed by atoms with Crippen molar-refractivity contribution in [3.05, 3.63) is 35.6 Å². The van der Waals surface area contributed by atoms with E-state index in [-0.39, 0.29) is 11.7 Å². The predicted molar refractivity (Wildman–Crippen MR) is 73.6 cm³/mol. The number of benzene rings is 1. The van der Waals surface area contributed by atoms with Crippen LogP contribution in [0, 0.1) is 11.7 Å². The molecule has 1 amide bonds. The van der Waals surface area contributed by atoms with Crippen LogP contribution in [0.2, 0.25) is 0 Å². The fraction of sp³-hybridized carbons (Fsp3) is 0.533. The molecule has 1 N–H and O–H groups in total. The van der Waals surface area contributed by atoms with E-state index in [1.807, 2.05) is 0 Å². The van der Waals surface area contributed by atoms with Crippen LogP contribution in [0.25, 0.3) is 0 Å². The Morgan fingerprint density at radius 3 is 2.84 bits per heavy atom. The molecule has 0 unspecified atom stereocenters. The second-order valence-corrected chi connectivity index (χ2v) is 5.22. The van der Waals surface area contributed by atoms with Crippen LogP contribution >= 0.6 is 0 Å². The Bertz CT molecular complexity index is 430. The number of nitrogens with zero attached hydrogens (tertiary/aromatic N) is 1. The van der Waals surface area contributed by atoms with Gasteiger partial charge in [0.15, 0.2) is 0 Å². The first-order chi connectivity index (χ1) is 9.16. The minimum absolute atomic E-state index is 0.103. The third-order valence-electron chi connectivity index (χ3n) is 3.75. The monoisotopic (exact) mass is 264 g/mol. The summed E-state index contributed by atoms with van der Waals surface area (Å²) < 4.78 is 13.1. The Hall–Kier alpha value is -1.42. The molecule has 0 aromatic heterocycles. The number of halogens is 1. The van der Waals surface area contributed by atoms with Crippen LogP contribution in [0.5, 0.6) is 0 Å². The number of nitrogens with one attached hydrogen (secondary N) is 1. The number of amides is 1. The average molecular weight is 264 g/mol. The molecular weight excluding hydrogens is 243 g/mol. The molecule has 4 heteroatoms. The Morgan fingerprint density at radius 2 is 2.16 bits per heavy atom. The molecule has 1 aliphatic rings. The van der Waals surface area contributed by atoms with Gasteiger partial charge in [0.1, 0.15) is 5.82 Å². The summed E-state index contributed by atoms with van der Waals surface area (Å²) >= 11 is 0. The lowest BCUT2D eigenvalue weighted by molar-refractivity contribution is 0.0784. The lowest BCUT2D eigenvalue weighted by Crippen LogP contribution is -2.32. The first-order valence-corrected chi connectivity index (χ1v) is 6.88. The molecule has 0 saturated carbocycles. The van der Waals surface area contributed by atoms with E-state index in [0.717, 1.165) is 26.1 Å². The molecule has 0 bridgehead atoms. The van der Waals surface area contributed by atoms with Gasteiger partial charge in [-0.05, 0) is 56.5 Å². The van der Waals surface area contributed by atoms with Gasteiger partial charge in [-0.25, -0.2) is 4.39 Å². The standard InChI is InChI=1S/C15H21FN2O/c1-18(10-7-12-5-8-17-9-6-12)15(19)13-3-2-4-14(16)11-13/h2-4,11-12,17H,5-10H2,1H3. The highest BCUT2D eigenvalue weighted by Crippen LogP contribution is 2.16. The fourth-order valence-electron chi connectivity index (χ4n) is 2.49. The normalized spacial score (nSPS) is 16.3. The van der Waals surface area contributed by atoms with E-state index in [1.165, 1.54) is 25.0 Å². The highest BCUT2D eigenvalue weighted by atomic mass is 19.1. The second kappa shape index (κ2) is 6.66. The predicted octanol–water partition coefficient (Wildman–Crippen LogP) is 2.29. The quantitative estimate of drug-likeness (QED) is 0.905. The van der Waals surface area contributed by atoms with E-state index >= 15 is 0 Å². The van der Waals surface area contributed by atoms with Crippen LogP contribution in [0.4, 0.5) is 4.39 Å². The first-order valence-electron chi connectivity index (χ1n) is 6.88. The summed E-state index contributed by atoms with van der Waals surface area (Å²) in [5.41, 5.74) is 0.424. The van der Waals surface area contributed by atoms with Gasteiger partial charge in [0, 0.05) is 19.2 Å². The molecule has 0 spiro atoms. The van der Waals surface area contributed by atoms with E-state index < -0.39 is 0 Å². The second-order valence-electron chi connectivity index (χ2n) is 5.22. The van der Waals surface area contributed by atoms with Crippen molar-refractivity contribution in [3.8, 4) is 0 Å². The maximum atomic E-state index is 13.1. The lowest BCUT2D eigenvalue weighted by atomic mass is 9.94. The minimum atomic E-state index is -0.363. The Kier molecular flexibility index (Phi) is 4.91. The average Bonchev–Trinajstić information content (AvgIpc) is 2.45. The lowest BCUT2D eigenvalue weighted by Gasteiger charge is -2.25. The Balaban J connectivity index is 1.85. The van der Waals surface area contributed by atoms with Crippen LogP contribution in [0.15, 0.2) is 24.3 Å². The Morgan fingerprint density at radius 1 is 1.42 bits per heavy atom. The number of carbonyl (C=O) groups is 1. The summed E-state index contributed by atoms with van der Waals surface area (Å²) in [5, 5.41) is 3.33. The number of piperidine rings is 1. The SMILES string of the molecule is CN(CCC1CCNCC1)C(=O)c1cccc(F)c1. The molecule has 19 heavy (non-hydrogen) atoms. The maximum absolute atomic E-state index is 13.1. The molecule has 1 aliphatic heterocycles. The van der Waals surface area contributed by atoms with Crippen molar-refractivity contribution in [3.63, 3.8) is 0 Å². The van der Waals surface area contributed by atoms with Crippen LogP contribution in [-0.4, -0.2) is 37.5 Å². The Labute approximate surface area is 113 Å². The van der Waals surface area contributed by atoms with E-state index in [4.69, 9.17) is 0 Å². The van der Waals surface area contributed by atoms with E-state index in [0.29, 0.717) is 11.5 Å². The molecule has 2 rings (SSSR count). The van der Waals surface area contributed by atoms with Gasteiger partial charge in [0.05, 0.1) is 0 Å². The van der Waals surface area contributed by atoms with Gasteiger partial charge in [-0.2, -0.15) is 0 Å². The summed E-state index contributed by atoms with van der Waals surface area (Å²) in [4.78, 5) is 13.8. The molecule has 0 aliphatic carbocycles. The van der Waals surface area contributed by atoms with Crippen LogP contribution in [0.3, 0.4) is 0 Å². The fourth-order valence-corrected chi connectivity index (χ4v) is 2.49. The van der Waals surface area contributed by atoms with Crippen molar-refractivity contribution >= 4 is 5.91 Å². The molecule has 104 valence electrons. The van der Waals surface area contributed by atoms with Crippen LogP contribution in [0.1, 0.15) is 29.6 Å². The third kappa shape index (κ3) is 4.03. The van der Waals surface area contributed by atoms with Crippen LogP contribution < -0.4 is 5.32 Å². The molecule has 1 saturated heterocycles. The van der Waals surface area contributed by atoms with E-state index in [1.54, 1.807) is 24.1 Å². The van der Waals surface area contributed by atoms with Gasteiger partial charge in [0.25, 0.3) is 5.91 Å². The zero-order valence-corrected chi connectivity index (χ0v) is 11.4. The number of hydrogen-bond acceptors (Lipinski definition) is 2. The van der Waals surface area contributed by atoms with E-state index in [9.17, 15) is 9.18 Å². The molecule has 0 atom stereocenters. The maximum Gasteiger partial charge on any atom is 0.253 e. The first kappa shape index (κ1) is 14.0. The zero-order chi connectivity index (χ0) is 13.7. The third-order valence-corrected chi connectivity index (χ3v) is 3.75. The van der Waals surface area contributed by atoms with Gasteiger partial charge in [-0.3, -0.25) is 4.79 Å². The zero-order valence-electron chi connectivity index (χ0n) is 11.4. The number of carbonyl (C=O) groups excluding carboxylic acids is 1. The summed E-state index contributed by atoms with van der Waals surface area (Å²) in [6.45, 7) is 2.89. The van der Waals surface area contributed by atoms with Crippen LogP contribution in [-0.2, 0) is 0 Å². The summed E-state index contributed by atoms with van der Waals surface area (Å²) in [6.07, 6.45) is 3.39. The molecule has 1 fully saturated rings. The van der Waals surface area contributed by atoms with Crippen molar-refractivity contribution in [2.75, 3.05) is 26.7 Å². The van der Waals surface area contributed by atoms with Crippen molar-refractivity contribution < 1.29 is 9.18 Å². The van der Waals surface area contributed by atoms with E-state index in [2.05, 4.69) is 5.32 Å². The molecule has 0 radical (unpaired) electrons. The number of hydrogen-bond donors (Lipinski definition) is 1. The summed E-state index contributed by atoms with van der Waals surface area (Å²) in [6, 6.07) is 5.88. The molecule has 1 heterocycles. The molecule has 1 aromatic rings. The molecule has 3 nitrogen and oxygen atoms in total. The highest BCUT2D eigenvalue weighted by molar-refractivity contribution is 5.94. The molecule has 1 aromatic carbocycles. The van der Waals surface area contributed by atoms with Gasteiger partial charge in [0.2, 0.25) is 0 Å². The van der Waals surface area contributed by atoms with Gasteiger partial charge >= 0.3 is 0 Å². The van der Waals surface area contributed by atoms with Crippen molar-refractivity contribution in [2.45, 2.75) is 19.3 Å². The minimum Gasteiger partial charge on any atom is -0.342 e. The van der Waals surface area contributed by atoms with Gasteiger partial charge < -0.3 is 10.2 Å². The smallest absolute Gasteiger partial charge is 0.253 e. The van der Waals surface area contributed by atoms with Crippen molar-refractivity contribution in [1.82, 2.24) is 10.2 Å². The summed E-state index contributed by atoms with van der Waals surface area (Å²) in [5.74, 6) is 0.232. The summed E-state index contributed by atoms with van der Waals surface area (Å²) in [7, 11) is 1.79. The van der Waals surface area contributed by atoms with Gasteiger partial charge in [-0.1, -0.05) is 6.07 Å². The molecular formula is C15H21FN2O. The van der Waals surface area contributed by atoms with Crippen molar-refractivity contribution in [1.29, 1.82) is 0 Å². The highest BCUT2D eigenvalue weighted by Gasteiger charge is 2.16. The largest absolute Gasteiger partial charge is 0.342 e. The topological polar surface area (TPSA) is 32.3 Å². The van der Waals surface area contributed by atoms with Gasteiger partial charge in [-0.15, -0.1) is 0 Å².